The maximum absolute atomic E-state index is 11.3. The summed E-state index contributed by atoms with van der Waals surface area (Å²) in [5.74, 6) is -0.324. The van der Waals surface area contributed by atoms with Crippen molar-refractivity contribution in [3.05, 3.63) is 47.8 Å². The molecule has 0 aliphatic rings. The first-order valence-electron chi connectivity index (χ1n) is 4.91. The standard InChI is InChI=1S/C12H12N2O2.CH4/c1-9-8-10(12(15)16-2)4-5-11(9)14-7-3-6-13-14;/h3-8H,1-2H3;1H4. The number of ether oxygens (including phenoxy) is 1. The van der Waals surface area contributed by atoms with Crippen LogP contribution in [0.25, 0.3) is 5.69 Å². The van der Waals surface area contributed by atoms with Gasteiger partial charge < -0.3 is 4.74 Å². The quantitative estimate of drug-likeness (QED) is 0.747. The smallest absolute Gasteiger partial charge is 0.337 e. The number of nitrogens with zero attached hydrogens (tertiary/aromatic N) is 2. The van der Waals surface area contributed by atoms with Gasteiger partial charge in [0.05, 0.1) is 18.4 Å². The molecule has 0 bridgehead atoms. The number of hydrogen-bond acceptors (Lipinski definition) is 3. The summed E-state index contributed by atoms with van der Waals surface area (Å²) in [5.41, 5.74) is 2.49. The van der Waals surface area contributed by atoms with Crippen LogP contribution >= 0.6 is 0 Å². The van der Waals surface area contributed by atoms with Crippen molar-refractivity contribution >= 4 is 5.97 Å². The molecule has 0 aliphatic heterocycles. The second kappa shape index (κ2) is 5.30. The van der Waals surface area contributed by atoms with Crippen LogP contribution in [0.1, 0.15) is 23.3 Å². The number of carbonyl (C=O) groups excluding carboxylic acids is 1. The molecule has 0 saturated heterocycles. The van der Waals surface area contributed by atoms with E-state index in [2.05, 4.69) is 9.84 Å². The number of carbonyl (C=O) groups is 1. The average molecular weight is 232 g/mol. The highest BCUT2D eigenvalue weighted by molar-refractivity contribution is 5.89. The molecule has 1 aromatic heterocycles. The van der Waals surface area contributed by atoms with Crippen molar-refractivity contribution in [3.8, 4) is 5.69 Å². The van der Waals surface area contributed by atoms with E-state index in [1.165, 1.54) is 7.11 Å². The fourth-order valence-corrected chi connectivity index (χ4v) is 1.57. The lowest BCUT2D eigenvalue weighted by Gasteiger charge is -2.07. The minimum atomic E-state index is -0.324. The van der Waals surface area contributed by atoms with Crippen LogP contribution in [-0.2, 0) is 4.74 Å². The zero-order chi connectivity index (χ0) is 11.5. The first kappa shape index (κ1) is 13.0. The lowest BCUT2D eigenvalue weighted by molar-refractivity contribution is 0.0600. The summed E-state index contributed by atoms with van der Waals surface area (Å²) >= 11 is 0. The number of benzene rings is 1. The van der Waals surface area contributed by atoms with Gasteiger partial charge in [-0.1, -0.05) is 7.43 Å². The number of aromatic nitrogens is 2. The van der Waals surface area contributed by atoms with Crippen molar-refractivity contribution in [1.82, 2.24) is 9.78 Å². The van der Waals surface area contributed by atoms with E-state index in [-0.39, 0.29) is 13.4 Å². The predicted octanol–water partition coefficient (Wildman–Crippen LogP) is 2.60. The van der Waals surface area contributed by atoms with Gasteiger partial charge in [-0.25, -0.2) is 9.48 Å². The van der Waals surface area contributed by atoms with E-state index in [9.17, 15) is 4.79 Å². The number of methoxy groups -OCH3 is 1. The highest BCUT2D eigenvalue weighted by Crippen LogP contribution is 2.15. The van der Waals surface area contributed by atoms with Gasteiger partial charge in [-0.2, -0.15) is 5.10 Å². The van der Waals surface area contributed by atoms with Crippen LogP contribution in [0.3, 0.4) is 0 Å². The maximum atomic E-state index is 11.3. The fourth-order valence-electron chi connectivity index (χ4n) is 1.57. The average Bonchev–Trinajstić information content (AvgIpc) is 2.81. The first-order valence-corrected chi connectivity index (χ1v) is 4.91. The Balaban J connectivity index is 0.00000144. The molecule has 0 radical (unpaired) electrons. The Morgan fingerprint density at radius 1 is 1.41 bits per heavy atom. The second-order valence-corrected chi connectivity index (χ2v) is 3.44. The molecule has 1 aromatic carbocycles. The van der Waals surface area contributed by atoms with Crippen molar-refractivity contribution in [2.75, 3.05) is 7.11 Å². The Morgan fingerprint density at radius 3 is 2.71 bits per heavy atom. The third-order valence-electron chi connectivity index (χ3n) is 2.37. The van der Waals surface area contributed by atoms with E-state index < -0.39 is 0 Å². The molecule has 0 aliphatic carbocycles. The fraction of sp³-hybridized carbons (Fsp3) is 0.231. The van der Waals surface area contributed by atoms with Gasteiger partial charge in [0.2, 0.25) is 0 Å². The van der Waals surface area contributed by atoms with Gasteiger partial charge in [0.25, 0.3) is 0 Å². The zero-order valence-corrected chi connectivity index (χ0v) is 9.18. The molecule has 0 amide bonds. The van der Waals surface area contributed by atoms with E-state index in [0.717, 1.165) is 11.3 Å². The number of esters is 1. The normalized spacial score (nSPS) is 9.53. The summed E-state index contributed by atoms with van der Waals surface area (Å²) in [7, 11) is 1.37. The largest absolute Gasteiger partial charge is 0.465 e. The molecule has 1 heterocycles. The minimum absolute atomic E-state index is 0. The van der Waals surface area contributed by atoms with Crippen LogP contribution < -0.4 is 0 Å². The SMILES string of the molecule is C.COC(=O)c1ccc(-n2cccn2)c(C)c1. The van der Waals surface area contributed by atoms with E-state index in [1.807, 2.05) is 25.3 Å². The number of aryl methyl sites for hydroxylation is 1. The summed E-state index contributed by atoms with van der Waals surface area (Å²) in [6.45, 7) is 1.93. The molecule has 17 heavy (non-hydrogen) atoms. The second-order valence-electron chi connectivity index (χ2n) is 3.44. The van der Waals surface area contributed by atoms with Gasteiger partial charge in [-0.05, 0) is 36.8 Å². The van der Waals surface area contributed by atoms with Crippen molar-refractivity contribution in [2.24, 2.45) is 0 Å². The van der Waals surface area contributed by atoms with E-state index in [4.69, 9.17) is 0 Å². The molecular weight excluding hydrogens is 216 g/mol. The summed E-state index contributed by atoms with van der Waals surface area (Å²) in [4.78, 5) is 11.3. The third kappa shape index (κ3) is 2.53. The Kier molecular flexibility index (Phi) is 4.04. The van der Waals surface area contributed by atoms with Gasteiger partial charge >= 0.3 is 5.97 Å². The molecule has 2 aromatic rings. The Morgan fingerprint density at radius 2 is 2.18 bits per heavy atom. The van der Waals surface area contributed by atoms with Gasteiger partial charge in [0.1, 0.15) is 0 Å². The van der Waals surface area contributed by atoms with Crippen molar-refractivity contribution in [1.29, 1.82) is 0 Å². The Bertz CT molecular complexity index is 504. The minimum Gasteiger partial charge on any atom is -0.465 e. The highest BCUT2D eigenvalue weighted by Gasteiger charge is 2.08. The van der Waals surface area contributed by atoms with Crippen LogP contribution in [0.15, 0.2) is 36.7 Å². The van der Waals surface area contributed by atoms with Gasteiger partial charge in [0, 0.05) is 12.4 Å². The molecule has 0 N–H and O–H groups in total. The van der Waals surface area contributed by atoms with E-state index >= 15 is 0 Å². The number of hydrogen-bond donors (Lipinski definition) is 0. The molecule has 2 rings (SSSR count). The maximum Gasteiger partial charge on any atom is 0.337 e. The Labute approximate surface area is 101 Å². The van der Waals surface area contributed by atoms with Crippen molar-refractivity contribution in [3.63, 3.8) is 0 Å². The molecule has 4 nitrogen and oxygen atoms in total. The summed E-state index contributed by atoms with van der Waals surface area (Å²) in [6, 6.07) is 7.24. The molecule has 90 valence electrons. The van der Waals surface area contributed by atoms with Crippen LogP contribution in [0, 0.1) is 6.92 Å². The van der Waals surface area contributed by atoms with Gasteiger partial charge in [-0.3, -0.25) is 0 Å². The molecule has 0 spiro atoms. The monoisotopic (exact) mass is 232 g/mol. The predicted molar refractivity (Wildman–Crippen MR) is 66.4 cm³/mol. The topological polar surface area (TPSA) is 44.1 Å². The molecule has 0 atom stereocenters. The van der Waals surface area contributed by atoms with Crippen LogP contribution in [0.5, 0.6) is 0 Å². The Hall–Kier alpha value is -2.10. The van der Waals surface area contributed by atoms with Gasteiger partial charge in [-0.15, -0.1) is 0 Å². The molecular formula is C13H16N2O2. The van der Waals surface area contributed by atoms with Crippen LogP contribution in [0.2, 0.25) is 0 Å². The number of rotatable bonds is 2. The van der Waals surface area contributed by atoms with Crippen molar-refractivity contribution < 1.29 is 9.53 Å². The van der Waals surface area contributed by atoms with Crippen LogP contribution in [0.4, 0.5) is 0 Å². The molecule has 4 heteroatoms. The lowest BCUT2D eigenvalue weighted by Crippen LogP contribution is -2.04. The first-order chi connectivity index (χ1) is 7.72. The van der Waals surface area contributed by atoms with E-state index in [1.54, 1.807) is 23.0 Å². The zero-order valence-electron chi connectivity index (χ0n) is 9.18. The van der Waals surface area contributed by atoms with Crippen LogP contribution in [-0.4, -0.2) is 22.9 Å². The molecule has 0 saturated carbocycles. The summed E-state index contributed by atoms with van der Waals surface area (Å²) in [6.07, 6.45) is 3.58. The van der Waals surface area contributed by atoms with Gasteiger partial charge in [0.15, 0.2) is 0 Å². The summed E-state index contributed by atoms with van der Waals surface area (Å²) in [5, 5.41) is 4.14. The third-order valence-corrected chi connectivity index (χ3v) is 2.37. The highest BCUT2D eigenvalue weighted by atomic mass is 16.5. The van der Waals surface area contributed by atoms with Crippen molar-refractivity contribution in [2.45, 2.75) is 14.4 Å². The molecule has 0 unspecified atom stereocenters. The molecule has 0 fully saturated rings. The van der Waals surface area contributed by atoms with E-state index in [0.29, 0.717) is 5.56 Å². The summed E-state index contributed by atoms with van der Waals surface area (Å²) < 4.78 is 6.42. The lowest BCUT2D eigenvalue weighted by atomic mass is 10.1.